The number of hydrogen-bond donors (Lipinski definition) is 1. The number of carbonyl (C=O) groups excluding carboxylic acids is 2. The number of nitrogens with one attached hydrogen (secondary N) is 1. The summed E-state index contributed by atoms with van der Waals surface area (Å²) >= 11 is 6.26. The summed E-state index contributed by atoms with van der Waals surface area (Å²) in [7, 11) is 1.37. The minimum atomic E-state index is -1.09. The van der Waals surface area contributed by atoms with Gasteiger partial charge in [-0.2, -0.15) is 5.26 Å². The summed E-state index contributed by atoms with van der Waals surface area (Å²) in [5.74, 6) is -1.07. The number of nitrogens with zero attached hydrogens (tertiary/aromatic N) is 2. The monoisotopic (exact) mass is 423 g/mol. The number of hydrogen-bond acceptors (Lipinski definition) is 6. The van der Waals surface area contributed by atoms with Crippen LogP contribution in [0.5, 0.6) is 0 Å². The molecule has 2 saturated heterocycles. The molecule has 0 aromatic heterocycles. The molecule has 3 aliphatic heterocycles. The lowest BCUT2D eigenvalue weighted by Gasteiger charge is -2.70. The van der Waals surface area contributed by atoms with Crippen molar-refractivity contribution in [2.75, 3.05) is 25.5 Å². The second-order valence-electron chi connectivity index (χ2n) is 9.31. The van der Waals surface area contributed by atoms with E-state index in [4.69, 9.17) is 16.3 Å². The van der Waals surface area contributed by atoms with Gasteiger partial charge in [0.15, 0.2) is 0 Å². The van der Waals surface area contributed by atoms with Gasteiger partial charge in [0.05, 0.1) is 35.6 Å². The van der Waals surface area contributed by atoms with Crippen LogP contribution < -0.4 is 5.32 Å². The minimum Gasteiger partial charge on any atom is -0.466 e. The van der Waals surface area contributed by atoms with Crippen molar-refractivity contribution in [3.8, 4) is 6.07 Å². The van der Waals surface area contributed by atoms with E-state index in [1.54, 1.807) is 0 Å². The molecule has 1 saturated carbocycles. The molecular formula is C23H22ClN3O3. The van der Waals surface area contributed by atoms with Crippen molar-refractivity contribution in [1.82, 2.24) is 4.90 Å². The van der Waals surface area contributed by atoms with Crippen LogP contribution in [0.1, 0.15) is 31.2 Å². The first-order valence-corrected chi connectivity index (χ1v) is 10.9. The predicted molar refractivity (Wildman–Crippen MR) is 110 cm³/mol. The molecule has 5 atom stereocenters. The van der Waals surface area contributed by atoms with E-state index in [-0.39, 0.29) is 0 Å². The number of benzene rings is 1. The maximum Gasteiger partial charge on any atom is 0.335 e. The molecule has 30 heavy (non-hydrogen) atoms. The number of piperidine rings is 1. The van der Waals surface area contributed by atoms with Gasteiger partial charge in [-0.15, -0.1) is 0 Å². The molecule has 3 fully saturated rings. The van der Waals surface area contributed by atoms with Crippen LogP contribution in [0.3, 0.4) is 0 Å². The van der Waals surface area contributed by atoms with Gasteiger partial charge in [-0.25, -0.2) is 4.79 Å². The normalized spacial score (nSPS) is 42.3. The van der Waals surface area contributed by atoms with Crippen molar-refractivity contribution < 1.29 is 14.3 Å². The molecule has 6 aliphatic rings. The largest absolute Gasteiger partial charge is 0.466 e. The molecule has 1 aromatic rings. The zero-order valence-electron chi connectivity index (χ0n) is 16.7. The Morgan fingerprint density at radius 1 is 1.30 bits per heavy atom. The third kappa shape index (κ3) is 1.54. The van der Waals surface area contributed by atoms with Crippen molar-refractivity contribution in [2.45, 2.75) is 42.2 Å². The Hall–Kier alpha value is -2.36. The smallest absolute Gasteiger partial charge is 0.335 e. The molecule has 1 aromatic carbocycles. The van der Waals surface area contributed by atoms with Gasteiger partial charge in [0.25, 0.3) is 0 Å². The molecule has 1 unspecified atom stereocenters. The number of esters is 1. The number of halogens is 1. The van der Waals surface area contributed by atoms with Crippen molar-refractivity contribution in [3.05, 3.63) is 41.5 Å². The van der Waals surface area contributed by atoms with Crippen LogP contribution in [0.2, 0.25) is 0 Å². The Balaban J connectivity index is 1.81. The number of rotatable bonds is 2. The summed E-state index contributed by atoms with van der Waals surface area (Å²) in [6, 6.07) is 10.7. The van der Waals surface area contributed by atoms with Crippen LogP contribution in [0.15, 0.2) is 35.9 Å². The molecule has 154 valence electrons. The number of para-hydroxylation sites is 1. The van der Waals surface area contributed by atoms with Gasteiger partial charge < -0.3 is 10.1 Å². The SMILES string of the molecule is COC(=O)C1=C[C@@]23CCCN4CC[C@@]5(c6ccccc6N[C@]15C(C(=O)Cl)C2)[C@@]43C#N. The fraction of sp³-hybridized carbons (Fsp3) is 0.522. The van der Waals surface area contributed by atoms with Gasteiger partial charge >= 0.3 is 5.97 Å². The van der Waals surface area contributed by atoms with Gasteiger partial charge in [0.1, 0.15) is 5.54 Å². The summed E-state index contributed by atoms with van der Waals surface area (Å²) in [5.41, 5.74) is -0.966. The first-order chi connectivity index (χ1) is 14.4. The van der Waals surface area contributed by atoms with E-state index in [9.17, 15) is 14.9 Å². The lowest BCUT2D eigenvalue weighted by Crippen LogP contribution is -2.82. The lowest BCUT2D eigenvalue weighted by atomic mass is 9.35. The summed E-state index contributed by atoms with van der Waals surface area (Å²) in [6.07, 6.45) is 4.78. The average Bonchev–Trinajstić information content (AvgIpc) is 3.27. The van der Waals surface area contributed by atoms with E-state index in [1.165, 1.54) is 7.11 Å². The first-order valence-electron chi connectivity index (χ1n) is 10.5. The number of fused-ring (bicyclic) bond motifs is 2. The summed E-state index contributed by atoms with van der Waals surface area (Å²) in [4.78, 5) is 28.4. The standard InChI is InChI=1S/C23H22ClN3O3/c1-30-19(29)16-12-20-7-4-9-27-10-8-21(22(20,27)13-25)14-5-2-3-6-17(14)26-23(16,21)15(11-20)18(24)28/h2-3,5-6,12,15,26H,4,7-11H2,1H3/t15?,20-,21-,22+,23-/m1/s1. The molecule has 6 nitrogen and oxygen atoms in total. The maximum absolute atomic E-state index is 13.2. The van der Waals surface area contributed by atoms with Crippen molar-refractivity contribution in [1.29, 1.82) is 5.26 Å². The van der Waals surface area contributed by atoms with Gasteiger partial charge in [0.2, 0.25) is 5.24 Å². The van der Waals surface area contributed by atoms with Crippen LogP contribution in [0.25, 0.3) is 0 Å². The zero-order chi connectivity index (χ0) is 20.9. The third-order valence-corrected chi connectivity index (χ3v) is 9.05. The highest BCUT2D eigenvalue weighted by Gasteiger charge is 2.87. The van der Waals surface area contributed by atoms with E-state index in [1.807, 2.05) is 30.3 Å². The Kier molecular flexibility index (Phi) is 3.35. The lowest BCUT2D eigenvalue weighted by molar-refractivity contribution is -0.147. The number of anilines is 1. The number of carbonyl (C=O) groups is 2. The fourth-order valence-electron chi connectivity index (χ4n) is 8.13. The van der Waals surface area contributed by atoms with E-state index in [0.717, 1.165) is 37.2 Å². The average molecular weight is 424 g/mol. The van der Waals surface area contributed by atoms with Gasteiger partial charge in [-0.1, -0.05) is 24.3 Å². The second kappa shape index (κ2) is 5.46. The third-order valence-electron chi connectivity index (χ3n) is 8.79. The van der Waals surface area contributed by atoms with Crippen LogP contribution in [-0.4, -0.2) is 47.4 Å². The molecule has 3 heterocycles. The first kappa shape index (κ1) is 18.4. The van der Waals surface area contributed by atoms with Crippen LogP contribution in [0, 0.1) is 22.7 Å². The van der Waals surface area contributed by atoms with Gasteiger partial charge in [-0.05, 0) is 55.5 Å². The minimum absolute atomic E-state index is 0.452. The van der Waals surface area contributed by atoms with Crippen LogP contribution in [0.4, 0.5) is 5.69 Å². The highest BCUT2D eigenvalue weighted by molar-refractivity contribution is 6.64. The number of nitriles is 1. The Morgan fingerprint density at radius 3 is 2.83 bits per heavy atom. The molecule has 1 N–H and O–H groups in total. The van der Waals surface area contributed by atoms with E-state index >= 15 is 0 Å². The number of ether oxygens (including phenoxy) is 1. The fourth-order valence-corrected chi connectivity index (χ4v) is 8.38. The Morgan fingerprint density at radius 2 is 2.10 bits per heavy atom. The van der Waals surface area contributed by atoms with Gasteiger partial charge in [0, 0.05) is 17.6 Å². The summed E-state index contributed by atoms with van der Waals surface area (Å²) in [6.45, 7) is 1.59. The second-order valence-corrected chi connectivity index (χ2v) is 9.69. The van der Waals surface area contributed by atoms with Gasteiger partial charge in [-0.3, -0.25) is 9.69 Å². The molecule has 2 bridgehead atoms. The van der Waals surface area contributed by atoms with Crippen LogP contribution >= 0.6 is 11.6 Å². The van der Waals surface area contributed by atoms with Crippen molar-refractivity contribution >= 4 is 28.5 Å². The van der Waals surface area contributed by atoms with Crippen molar-refractivity contribution in [2.24, 2.45) is 11.3 Å². The van der Waals surface area contributed by atoms with E-state index in [2.05, 4.69) is 16.3 Å². The Bertz CT molecular complexity index is 1100. The molecule has 0 radical (unpaired) electrons. The maximum atomic E-state index is 13.2. The summed E-state index contributed by atoms with van der Waals surface area (Å²) in [5, 5.41) is 14.0. The molecule has 0 amide bonds. The molecular weight excluding hydrogens is 402 g/mol. The van der Waals surface area contributed by atoms with Crippen LogP contribution in [-0.2, 0) is 19.7 Å². The summed E-state index contributed by atoms with van der Waals surface area (Å²) < 4.78 is 5.22. The topological polar surface area (TPSA) is 82.4 Å². The molecule has 3 aliphatic carbocycles. The number of methoxy groups -OCH3 is 1. The molecule has 7 rings (SSSR count). The highest BCUT2D eigenvalue weighted by Crippen LogP contribution is 2.78. The molecule has 3 spiro atoms. The molecule has 7 heteroatoms. The Labute approximate surface area is 179 Å². The van der Waals surface area contributed by atoms with E-state index in [0.29, 0.717) is 18.4 Å². The van der Waals surface area contributed by atoms with E-state index < -0.39 is 39.0 Å². The van der Waals surface area contributed by atoms with Crippen molar-refractivity contribution in [3.63, 3.8) is 0 Å². The highest BCUT2D eigenvalue weighted by atomic mass is 35.5. The predicted octanol–water partition coefficient (Wildman–Crippen LogP) is 2.74. The zero-order valence-corrected chi connectivity index (χ0v) is 17.5. The quantitative estimate of drug-likeness (QED) is 0.581.